The second-order valence-corrected chi connectivity index (χ2v) is 4.19. The SMILES string of the molecule is CCOC(=O)C(N)C(=O)Nc1ccc(C(N)=O)c(Cl)c1. The lowest BCUT2D eigenvalue weighted by Gasteiger charge is -2.11. The van der Waals surface area contributed by atoms with Crippen molar-refractivity contribution in [1.29, 1.82) is 0 Å². The zero-order valence-electron chi connectivity index (χ0n) is 10.7. The molecule has 1 unspecified atom stereocenters. The van der Waals surface area contributed by atoms with Crippen LogP contribution < -0.4 is 16.8 Å². The second kappa shape index (κ2) is 6.88. The van der Waals surface area contributed by atoms with Gasteiger partial charge in [-0.3, -0.25) is 9.59 Å². The molecular formula is C12H14ClN3O4. The van der Waals surface area contributed by atoms with E-state index in [1.165, 1.54) is 18.2 Å². The van der Waals surface area contributed by atoms with Gasteiger partial charge in [-0.15, -0.1) is 0 Å². The van der Waals surface area contributed by atoms with Crippen molar-refractivity contribution in [3.63, 3.8) is 0 Å². The third-order valence-corrected chi connectivity index (χ3v) is 2.64. The normalized spacial score (nSPS) is 11.6. The molecule has 20 heavy (non-hydrogen) atoms. The van der Waals surface area contributed by atoms with Crippen molar-refractivity contribution < 1.29 is 19.1 Å². The highest BCUT2D eigenvalue weighted by molar-refractivity contribution is 6.34. The van der Waals surface area contributed by atoms with Gasteiger partial charge in [-0.1, -0.05) is 11.6 Å². The molecule has 0 radical (unpaired) electrons. The van der Waals surface area contributed by atoms with Crippen LogP contribution in [-0.2, 0) is 14.3 Å². The quantitative estimate of drug-likeness (QED) is 0.531. The fourth-order valence-corrected chi connectivity index (χ4v) is 1.63. The van der Waals surface area contributed by atoms with Crippen LogP contribution in [0.1, 0.15) is 17.3 Å². The Morgan fingerprint density at radius 2 is 2.05 bits per heavy atom. The van der Waals surface area contributed by atoms with Gasteiger partial charge >= 0.3 is 5.97 Å². The van der Waals surface area contributed by atoms with E-state index in [-0.39, 0.29) is 22.9 Å². The Labute approximate surface area is 120 Å². The van der Waals surface area contributed by atoms with Gasteiger partial charge in [-0.05, 0) is 25.1 Å². The Kier molecular flexibility index (Phi) is 5.48. The summed E-state index contributed by atoms with van der Waals surface area (Å²) < 4.78 is 4.62. The van der Waals surface area contributed by atoms with Crippen molar-refractivity contribution in [3.8, 4) is 0 Å². The van der Waals surface area contributed by atoms with Gasteiger partial charge in [0, 0.05) is 5.69 Å². The predicted octanol–water partition coefficient (Wildman–Crippen LogP) is 0.268. The number of hydrogen-bond acceptors (Lipinski definition) is 5. The van der Waals surface area contributed by atoms with E-state index < -0.39 is 23.8 Å². The Morgan fingerprint density at radius 1 is 1.40 bits per heavy atom. The van der Waals surface area contributed by atoms with Gasteiger partial charge < -0.3 is 21.5 Å². The first-order valence-electron chi connectivity index (χ1n) is 5.69. The summed E-state index contributed by atoms with van der Waals surface area (Å²) in [7, 11) is 0. The number of amides is 2. The monoisotopic (exact) mass is 299 g/mol. The highest BCUT2D eigenvalue weighted by Gasteiger charge is 2.23. The Morgan fingerprint density at radius 3 is 2.55 bits per heavy atom. The number of anilines is 1. The number of benzene rings is 1. The first-order chi connectivity index (χ1) is 9.36. The molecule has 0 saturated carbocycles. The van der Waals surface area contributed by atoms with Crippen LogP contribution in [0.3, 0.4) is 0 Å². The molecule has 0 bridgehead atoms. The lowest BCUT2D eigenvalue weighted by molar-refractivity contribution is -0.146. The lowest BCUT2D eigenvalue weighted by Crippen LogP contribution is -2.43. The van der Waals surface area contributed by atoms with Gasteiger partial charge in [0.05, 0.1) is 17.2 Å². The zero-order chi connectivity index (χ0) is 15.3. The summed E-state index contributed by atoms with van der Waals surface area (Å²) in [6.45, 7) is 1.73. The summed E-state index contributed by atoms with van der Waals surface area (Å²) >= 11 is 5.82. The van der Waals surface area contributed by atoms with Gasteiger partial charge in [-0.2, -0.15) is 0 Å². The molecule has 0 aliphatic rings. The molecule has 8 heteroatoms. The maximum Gasteiger partial charge on any atom is 0.332 e. The molecule has 0 aliphatic heterocycles. The second-order valence-electron chi connectivity index (χ2n) is 3.78. The van der Waals surface area contributed by atoms with Gasteiger partial charge in [0.15, 0.2) is 6.04 Å². The van der Waals surface area contributed by atoms with Gasteiger partial charge in [0.2, 0.25) is 5.91 Å². The maximum atomic E-state index is 11.7. The Balaban J connectivity index is 2.79. The highest BCUT2D eigenvalue weighted by Crippen LogP contribution is 2.20. The number of nitrogens with one attached hydrogen (secondary N) is 1. The number of nitrogens with two attached hydrogens (primary N) is 2. The van der Waals surface area contributed by atoms with E-state index in [0.29, 0.717) is 0 Å². The summed E-state index contributed by atoms with van der Waals surface area (Å²) in [5.41, 5.74) is 10.9. The highest BCUT2D eigenvalue weighted by atomic mass is 35.5. The van der Waals surface area contributed by atoms with E-state index in [4.69, 9.17) is 23.1 Å². The van der Waals surface area contributed by atoms with E-state index in [1.807, 2.05) is 0 Å². The summed E-state index contributed by atoms with van der Waals surface area (Å²) in [4.78, 5) is 34.0. The number of carbonyl (C=O) groups excluding carboxylic acids is 3. The predicted molar refractivity (Wildman–Crippen MR) is 73.2 cm³/mol. The average Bonchev–Trinajstić information content (AvgIpc) is 2.37. The molecule has 2 amide bonds. The average molecular weight is 300 g/mol. The van der Waals surface area contributed by atoms with Gasteiger partial charge in [0.1, 0.15) is 0 Å². The minimum atomic E-state index is -1.44. The summed E-state index contributed by atoms with van der Waals surface area (Å²) in [6, 6.07) is 2.67. The van der Waals surface area contributed by atoms with Crippen molar-refractivity contribution in [2.24, 2.45) is 11.5 Å². The Hall–Kier alpha value is -2.12. The number of hydrogen-bond donors (Lipinski definition) is 3. The minimum absolute atomic E-state index is 0.0833. The fourth-order valence-electron chi connectivity index (χ4n) is 1.35. The summed E-state index contributed by atoms with van der Waals surface area (Å²) in [5, 5.41) is 2.47. The molecule has 0 heterocycles. The molecule has 7 nitrogen and oxygen atoms in total. The van der Waals surface area contributed by atoms with Crippen LogP contribution in [0.2, 0.25) is 5.02 Å². The van der Waals surface area contributed by atoms with E-state index in [0.717, 1.165) is 0 Å². The van der Waals surface area contributed by atoms with E-state index >= 15 is 0 Å². The molecular weight excluding hydrogens is 286 g/mol. The summed E-state index contributed by atoms with van der Waals surface area (Å²) in [6.07, 6.45) is 0. The third-order valence-electron chi connectivity index (χ3n) is 2.33. The topological polar surface area (TPSA) is 125 Å². The van der Waals surface area contributed by atoms with Crippen LogP contribution in [0.4, 0.5) is 5.69 Å². The lowest BCUT2D eigenvalue weighted by atomic mass is 10.2. The number of rotatable bonds is 5. The third kappa shape index (κ3) is 3.94. The van der Waals surface area contributed by atoms with Gasteiger partial charge in [0.25, 0.3) is 5.91 Å². The number of esters is 1. The van der Waals surface area contributed by atoms with Crippen LogP contribution in [0.25, 0.3) is 0 Å². The minimum Gasteiger partial charge on any atom is -0.464 e. The zero-order valence-corrected chi connectivity index (χ0v) is 11.4. The molecule has 5 N–H and O–H groups in total. The molecule has 0 aliphatic carbocycles. The van der Waals surface area contributed by atoms with Crippen LogP contribution in [0.15, 0.2) is 18.2 Å². The molecule has 1 rings (SSSR count). The molecule has 108 valence electrons. The van der Waals surface area contributed by atoms with Crippen molar-refractivity contribution in [3.05, 3.63) is 28.8 Å². The van der Waals surface area contributed by atoms with Crippen molar-refractivity contribution in [2.45, 2.75) is 13.0 Å². The van der Waals surface area contributed by atoms with Crippen molar-refractivity contribution in [2.75, 3.05) is 11.9 Å². The van der Waals surface area contributed by atoms with Gasteiger partial charge in [-0.25, -0.2) is 4.79 Å². The van der Waals surface area contributed by atoms with Crippen LogP contribution in [0, 0.1) is 0 Å². The van der Waals surface area contributed by atoms with E-state index in [9.17, 15) is 14.4 Å². The van der Waals surface area contributed by atoms with Crippen LogP contribution in [0.5, 0.6) is 0 Å². The number of carbonyl (C=O) groups is 3. The van der Waals surface area contributed by atoms with Crippen molar-refractivity contribution in [1.82, 2.24) is 0 Å². The number of primary amides is 1. The Bertz CT molecular complexity index is 548. The number of halogens is 1. The molecule has 0 aromatic heterocycles. The van der Waals surface area contributed by atoms with Crippen molar-refractivity contribution >= 4 is 35.1 Å². The maximum absolute atomic E-state index is 11.7. The standard InChI is InChI=1S/C12H14ClN3O4/c1-2-20-12(19)9(14)11(18)16-6-3-4-7(10(15)17)8(13)5-6/h3-5,9H,2,14H2,1H3,(H2,15,17)(H,16,18). The molecule has 0 saturated heterocycles. The molecule has 1 atom stereocenters. The summed E-state index contributed by atoms with van der Waals surface area (Å²) in [5.74, 6) is -2.26. The first kappa shape index (κ1) is 15.9. The largest absolute Gasteiger partial charge is 0.464 e. The first-order valence-corrected chi connectivity index (χ1v) is 6.07. The molecule has 1 aromatic carbocycles. The van der Waals surface area contributed by atoms with E-state index in [1.54, 1.807) is 6.92 Å². The van der Waals surface area contributed by atoms with Crippen LogP contribution >= 0.6 is 11.6 Å². The van der Waals surface area contributed by atoms with E-state index in [2.05, 4.69) is 10.1 Å². The number of ether oxygens (including phenoxy) is 1. The fraction of sp³-hybridized carbons (Fsp3) is 0.250. The van der Waals surface area contributed by atoms with Crippen LogP contribution in [-0.4, -0.2) is 30.4 Å². The molecule has 0 fully saturated rings. The molecule has 1 aromatic rings. The smallest absolute Gasteiger partial charge is 0.332 e. The molecule has 0 spiro atoms.